The predicted molar refractivity (Wildman–Crippen MR) is 80.6 cm³/mol. The summed E-state index contributed by atoms with van der Waals surface area (Å²) in [4.78, 5) is 0. The molecule has 22 heavy (non-hydrogen) atoms. The molecule has 0 aliphatic heterocycles. The van der Waals surface area contributed by atoms with Crippen molar-refractivity contribution in [1.82, 2.24) is 0 Å². The van der Waals surface area contributed by atoms with Gasteiger partial charge in [0.2, 0.25) is 0 Å². The molecule has 0 heterocycles. The summed E-state index contributed by atoms with van der Waals surface area (Å²) in [6.45, 7) is 2.10. The van der Waals surface area contributed by atoms with Gasteiger partial charge >= 0.3 is 6.18 Å². The van der Waals surface area contributed by atoms with Crippen LogP contribution >= 0.6 is 0 Å². The topological polar surface area (TPSA) is 0 Å². The standard InChI is InChI=1S/C19H15F3/c1-11-8-13-9-12-4-2-3-5-16(12)18(13)17-10-14(19(20,21)22)6-7-15(11)17/h2-7,10-11H,8-9H2,1H3/t11-/m0/s1. The summed E-state index contributed by atoms with van der Waals surface area (Å²) in [6.07, 6.45) is -2.50. The van der Waals surface area contributed by atoms with Crippen LogP contribution in [-0.4, -0.2) is 0 Å². The van der Waals surface area contributed by atoms with Crippen LogP contribution < -0.4 is 0 Å². The number of hydrogen-bond donors (Lipinski definition) is 0. The van der Waals surface area contributed by atoms with Gasteiger partial charge in [-0.05, 0) is 58.7 Å². The molecule has 0 spiro atoms. The molecule has 4 rings (SSSR count). The van der Waals surface area contributed by atoms with E-state index >= 15 is 0 Å². The Labute approximate surface area is 127 Å². The first-order chi connectivity index (χ1) is 10.4. The SMILES string of the molecule is C[C@H]1CC2=C(c3ccccc3C2)c2cc(C(F)(F)F)ccc21. The maximum atomic E-state index is 13.1. The fraction of sp³-hybridized carbons (Fsp3) is 0.263. The van der Waals surface area contributed by atoms with E-state index in [4.69, 9.17) is 0 Å². The zero-order chi connectivity index (χ0) is 15.5. The van der Waals surface area contributed by atoms with Crippen molar-refractivity contribution in [3.05, 3.63) is 75.9 Å². The van der Waals surface area contributed by atoms with Gasteiger partial charge in [0, 0.05) is 0 Å². The molecule has 0 aromatic heterocycles. The maximum absolute atomic E-state index is 13.1. The predicted octanol–water partition coefficient (Wildman–Crippen LogP) is 5.57. The van der Waals surface area contributed by atoms with Crippen LogP contribution in [0.15, 0.2) is 48.0 Å². The smallest absolute Gasteiger partial charge is 0.166 e. The van der Waals surface area contributed by atoms with Gasteiger partial charge in [-0.1, -0.05) is 42.8 Å². The van der Waals surface area contributed by atoms with Crippen LogP contribution in [-0.2, 0) is 12.6 Å². The Morgan fingerprint density at radius 2 is 1.77 bits per heavy atom. The lowest BCUT2D eigenvalue weighted by atomic mass is 9.79. The third-order valence-electron chi connectivity index (χ3n) is 4.78. The largest absolute Gasteiger partial charge is 0.416 e. The first kappa shape index (κ1) is 13.6. The van der Waals surface area contributed by atoms with Crippen LogP contribution in [0.25, 0.3) is 5.57 Å². The van der Waals surface area contributed by atoms with Crippen molar-refractivity contribution in [2.75, 3.05) is 0 Å². The van der Waals surface area contributed by atoms with E-state index in [-0.39, 0.29) is 5.92 Å². The number of benzene rings is 2. The molecule has 0 bridgehead atoms. The molecule has 2 aromatic carbocycles. The Bertz CT molecular complexity index is 797. The number of hydrogen-bond acceptors (Lipinski definition) is 0. The Kier molecular flexibility index (Phi) is 2.77. The highest BCUT2D eigenvalue weighted by Gasteiger charge is 2.35. The van der Waals surface area contributed by atoms with E-state index in [0.29, 0.717) is 0 Å². The lowest BCUT2D eigenvalue weighted by Crippen LogP contribution is -2.11. The first-order valence-electron chi connectivity index (χ1n) is 7.47. The summed E-state index contributed by atoms with van der Waals surface area (Å²) in [7, 11) is 0. The average molecular weight is 300 g/mol. The summed E-state index contributed by atoms with van der Waals surface area (Å²) < 4.78 is 39.2. The van der Waals surface area contributed by atoms with E-state index in [1.165, 1.54) is 23.3 Å². The second-order valence-corrected chi connectivity index (χ2v) is 6.22. The molecule has 0 amide bonds. The van der Waals surface area contributed by atoms with Crippen molar-refractivity contribution in [2.45, 2.75) is 31.9 Å². The van der Waals surface area contributed by atoms with Gasteiger partial charge in [0.15, 0.2) is 0 Å². The minimum atomic E-state index is -4.30. The molecule has 0 nitrogen and oxygen atoms in total. The third kappa shape index (κ3) is 1.92. The van der Waals surface area contributed by atoms with Crippen molar-refractivity contribution in [3.63, 3.8) is 0 Å². The molecule has 2 aliphatic carbocycles. The minimum Gasteiger partial charge on any atom is -0.166 e. The summed E-state index contributed by atoms with van der Waals surface area (Å²) in [5, 5.41) is 0. The van der Waals surface area contributed by atoms with E-state index in [1.54, 1.807) is 6.07 Å². The number of fused-ring (bicyclic) bond motifs is 4. The van der Waals surface area contributed by atoms with Gasteiger partial charge in [0.05, 0.1) is 5.56 Å². The fourth-order valence-corrected chi connectivity index (χ4v) is 3.80. The Morgan fingerprint density at radius 3 is 2.55 bits per heavy atom. The van der Waals surface area contributed by atoms with Crippen LogP contribution in [0.3, 0.4) is 0 Å². The van der Waals surface area contributed by atoms with Crippen molar-refractivity contribution >= 4 is 5.57 Å². The quantitative estimate of drug-likeness (QED) is 0.596. The molecule has 0 radical (unpaired) electrons. The number of allylic oxidation sites excluding steroid dienone is 1. The van der Waals surface area contributed by atoms with Crippen LogP contribution in [0, 0.1) is 0 Å². The maximum Gasteiger partial charge on any atom is 0.416 e. The average Bonchev–Trinajstić information content (AvgIpc) is 2.84. The van der Waals surface area contributed by atoms with Gasteiger partial charge in [-0.15, -0.1) is 0 Å². The van der Waals surface area contributed by atoms with Crippen LogP contribution in [0.2, 0.25) is 0 Å². The molecule has 0 saturated carbocycles. The fourth-order valence-electron chi connectivity index (χ4n) is 3.80. The highest BCUT2D eigenvalue weighted by molar-refractivity contribution is 5.90. The summed E-state index contributed by atoms with van der Waals surface area (Å²) in [6, 6.07) is 12.3. The van der Waals surface area contributed by atoms with Gasteiger partial charge in [-0.2, -0.15) is 13.2 Å². The van der Waals surface area contributed by atoms with Gasteiger partial charge < -0.3 is 0 Å². The van der Waals surface area contributed by atoms with E-state index in [9.17, 15) is 13.2 Å². The van der Waals surface area contributed by atoms with Gasteiger partial charge in [0.25, 0.3) is 0 Å². The second kappa shape index (κ2) is 4.48. The highest BCUT2D eigenvalue weighted by Crippen LogP contribution is 2.48. The summed E-state index contributed by atoms with van der Waals surface area (Å²) in [5.74, 6) is 0.269. The van der Waals surface area contributed by atoms with E-state index in [1.807, 2.05) is 18.2 Å². The molecular formula is C19H15F3. The summed E-state index contributed by atoms with van der Waals surface area (Å²) >= 11 is 0. The van der Waals surface area contributed by atoms with Gasteiger partial charge in [-0.3, -0.25) is 0 Å². The zero-order valence-electron chi connectivity index (χ0n) is 12.2. The summed E-state index contributed by atoms with van der Waals surface area (Å²) in [5.41, 5.74) is 5.89. The third-order valence-corrected chi connectivity index (χ3v) is 4.78. The van der Waals surface area contributed by atoms with Crippen molar-refractivity contribution in [1.29, 1.82) is 0 Å². The molecule has 0 N–H and O–H groups in total. The number of alkyl halides is 3. The molecular weight excluding hydrogens is 285 g/mol. The molecule has 0 unspecified atom stereocenters. The van der Waals surface area contributed by atoms with Crippen molar-refractivity contribution in [2.24, 2.45) is 0 Å². The first-order valence-corrected chi connectivity index (χ1v) is 7.47. The number of rotatable bonds is 0. The van der Waals surface area contributed by atoms with Crippen LogP contribution in [0.4, 0.5) is 13.2 Å². The zero-order valence-corrected chi connectivity index (χ0v) is 12.2. The Hall–Kier alpha value is -2.03. The lowest BCUT2D eigenvalue weighted by molar-refractivity contribution is -0.137. The van der Waals surface area contributed by atoms with Crippen molar-refractivity contribution < 1.29 is 13.2 Å². The van der Waals surface area contributed by atoms with E-state index < -0.39 is 11.7 Å². The van der Waals surface area contributed by atoms with E-state index in [0.717, 1.165) is 35.1 Å². The van der Waals surface area contributed by atoms with Crippen LogP contribution in [0.5, 0.6) is 0 Å². The monoisotopic (exact) mass is 300 g/mol. The Morgan fingerprint density at radius 1 is 1.00 bits per heavy atom. The molecule has 1 atom stereocenters. The van der Waals surface area contributed by atoms with Gasteiger partial charge in [-0.25, -0.2) is 0 Å². The number of halogens is 3. The molecule has 112 valence electrons. The Balaban J connectivity index is 1.95. The lowest BCUT2D eigenvalue weighted by Gasteiger charge is -2.26. The minimum absolute atomic E-state index is 0.269. The molecule has 0 saturated heterocycles. The second-order valence-electron chi connectivity index (χ2n) is 6.22. The van der Waals surface area contributed by atoms with Crippen LogP contribution in [0.1, 0.15) is 47.1 Å². The van der Waals surface area contributed by atoms with Crippen molar-refractivity contribution in [3.8, 4) is 0 Å². The molecule has 3 heteroatoms. The normalized spacial score (nSPS) is 19.7. The van der Waals surface area contributed by atoms with Gasteiger partial charge in [0.1, 0.15) is 0 Å². The highest BCUT2D eigenvalue weighted by atomic mass is 19.4. The molecule has 2 aromatic rings. The molecule has 0 fully saturated rings. The van der Waals surface area contributed by atoms with E-state index in [2.05, 4.69) is 13.0 Å². The molecule has 2 aliphatic rings.